The number of nitrogens with zero attached hydrogens (tertiary/aromatic N) is 3. The Morgan fingerprint density at radius 1 is 1.35 bits per heavy atom. The van der Waals surface area contributed by atoms with Gasteiger partial charge in [0.25, 0.3) is 0 Å². The van der Waals surface area contributed by atoms with Gasteiger partial charge in [-0.15, -0.1) is 0 Å². The van der Waals surface area contributed by atoms with Crippen LogP contribution in [0.15, 0.2) is 47.9 Å². The van der Waals surface area contributed by atoms with Crippen LogP contribution in [0.5, 0.6) is 5.75 Å². The van der Waals surface area contributed by atoms with Crippen molar-refractivity contribution in [2.45, 2.75) is 0 Å². The molecule has 0 unspecified atom stereocenters. The molecule has 0 saturated heterocycles. The zero-order valence-electron chi connectivity index (χ0n) is 12.0. The Kier molecular flexibility index (Phi) is 4.82. The smallest absolute Gasteiger partial charge is 0.366 e. The summed E-state index contributed by atoms with van der Waals surface area (Å²) in [4.78, 5) is 30.7. The van der Waals surface area contributed by atoms with Crippen molar-refractivity contribution in [3.8, 4) is 5.75 Å². The summed E-state index contributed by atoms with van der Waals surface area (Å²) in [6, 6.07) is 6.94. The van der Waals surface area contributed by atoms with Gasteiger partial charge in [-0.1, -0.05) is 5.16 Å². The highest BCUT2D eigenvalue weighted by Crippen LogP contribution is 2.27. The van der Waals surface area contributed by atoms with E-state index in [1.54, 1.807) is 18.3 Å². The molecule has 9 nitrogen and oxygen atoms in total. The number of nitro benzene ring substituents is 1. The molecular weight excluding hydrogens is 304 g/mol. The highest BCUT2D eigenvalue weighted by Gasteiger charge is 2.19. The van der Waals surface area contributed by atoms with Gasteiger partial charge in [0.2, 0.25) is 0 Å². The predicted molar refractivity (Wildman–Crippen MR) is 80.0 cm³/mol. The molecule has 0 fully saturated rings. The third kappa shape index (κ3) is 3.79. The van der Waals surface area contributed by atoms with Gasteiger partial charge in [0.1, 0.15) is 0 Å². The molecule has 0 amide bonds. The largest absolute Gasteiger partial charge is 0.490 e. The summed E-state index contributed by atoms with van der Waals surface area (Å²) >= 11 is 0. The Hall–Kier alpha value is -3.49. The summed E-state index contributed by atoms with van der Waals surface area (Å²) < 4.78 is 4.85. The van der Waals surface area contributed by atoms with Crippen LogP contribution in [0.4, 0.5) is 5.69 Å². The lowest BCUT2D eigenvalue weighted by Gasteiger charge is -2.04. The highest BCUT2D eigenvalue weighted by molar-refractivity contribution is 5.98. The van der Waals surface area contributed by atoms with Crippen LogP contribution >= 0.6 is 0 Å². The van der Waals surface area contributed by atoms with E-state index < -0.39 is 10.9 Å². The Morgan fingerprint density at radius 3 is 2.74 bits per heavy atom. The van der Waals surface area contributed by atoms with E-state index in [4.69, 9.17) is 10.5 Å². The van der Waals surface area contributed by atoms with E-state index in [2.05, 4.69) is 15.0 Å². The summed E-state index contributed by atoms with van der Waals surface area (Å²) in [7, 11) is 1.29. The van der Waals surface area contributed by atoms with Gasteiger partial charge in [0, 0.05) is 24.0 Å². The van der Waals surface area contributed by atoms with Gasteiger partial charge < -0.3 is 15.3 Å². The molecule has 1 aromatic heterocycles. The van der Waals surface area contributed by atoms with Crippen molar-refractivity contribution < 1.29 is 19.3 Å². The fourth-order valence-electron chi connectivity index (χ4n) is 1.67. The quantitative estimate of drug-likeness (QED) is 0.290. The van der Waals surface area contributed by atoms with Crippen molar-refractivity contribution in [3.63, 3.8) is 0 Å². The molecule has 1 aromatic carbocycles. The lowest BCUT2D eigenvalue weighted by atomic mass is 10.2. The number of aromatic nitrogens is 1. The van der Waals surface area contributed by atoms with Crippen molar-refractivity contribution in [1.82, 2.24) is 4.98 Å². The molecule has 118 valence electrons. The Labute approximate surface area is 130 Å². The zero-order chi connectivity index (χ0) is 16.8. The standard InChI is InChI=1S/C14H12N4O5/c1-22-12-5-4-9(7-11(12)18(20)21)14(19)23-17-13(15)10-3-2-6-16-8-10/h2-8H,1H3,(H2,15,17). The topological polar surface area (TPSA) is 130 Å². The maximum atomic E-state index is 11.9. The van der Waals surface area contributed by atoms with E-state index >= 15 is 0 Å². The minimum Gasteiger partial charge on any atom is -0.490 e. The molecule has 2 aromatic rings. The number of carbonyl (C=O) groups excluding carboxylic acids is 1. The van der Waals surface area contributed by atoms with Crippen LogP contribution < -0.4 is 10.5 Å². The number of oxime groups is 1. The van der Waals surface area contributed by atoms with Crippen LogP contribution in [-0.4, -0.2) is 28.8 Å². The average molecular weight is 316 g/mol. The van der Waals surface area contributed by atoms with Crippen LogP contribution in [0.1, 0.15) is 15.9 Å². The number of ether oxygens (including phenoxy) is 1. The molecular formula is C14H12N4O5. The van der Waals surface area contributed by atoms with Crippen molar-refractivity contribution >= 4 is 17.5 Å². The fraction of sp³-hybridized carbons (Fsp3) is 0.0714. The lowest BCUT2D eigenvalue weighted by Crippen LogP contribution is -2.15. The van der Waals surface area contributed by atoms with Crippen molar-refractivity contribution in [3.05, 3.63) is 64.0 Å². The molecule has 1 heterocycles. The summed E-state index contributed by atoms with van der Waals surface area (Å²) in [6.45, 7) is 0. The maximum absolute atomic E-state index is 11.9. The van der Waals surface area contributed by atoms with Crippen LogP contribution in [0.2, 0.25) is 0 Å². The van der Waals surface area contributed by atoms with Crippen LogP contribution in [0.3, 0.4) is 0 Å². The summed E-state index contributed by atoms with van der Waals surface area (Å²) in [5, 5.41) is 14.4. The molecule has 0 aliphatic heterocycles. The van der Waals surface area contributed by atoms with Crippen LogP contribution in [-0.2, 0) is 4.84 Å². The second-order valence-corrected chi connectivity index (χ2v) is 4.24. The van der Waals surface area contributed by atoms with Gasteiger partial charge in [-0.2, -0.15) is 0 Å². The van der Waals surface area contributed by atoms with Crippen molar-refractivity contribution in [1.29, 1.82) is 0 Å². The summed E-state index contributed by atoms with van der Waals surface area (Å²) in [6.07, 6.45) is 3.00. The summed E-state index contributed by atoms with van der Waals surface area (Å²) in [5.74, 6) is -0.901. The van der Waals surface area contributed by atoms with Crippen LogP contribution in [0.25, 0.3) is 0 Å². The second-order valence-electron chi connectivity index (χ2n) is 4.24. The van der Waals surface area contributed by atoms with Crippen molar-refractivity contribution in [2.24, 2.45) is 10.9 Å². The number of benzene rings is 1. The SMILES string of the molecule is COc1ccc(C(=O)O/N=C(/N)c2cccnc2)cc1[N+](=O)[O-]. The summed E-state index contributed by atoms with van der Waals surface area (Å²) in [5.41, 5.74) is 5.71. The molecule has 9 heteroatoms. The van der Waals surface area contributed by atoms with Gasteiger partial charge >= 0.3 is 11.7 Å². The van der Waals surface area contributed by atoms with Gasteiger partial charge in [-0.25, -0.2) is 4.79 Å². The normalized spacial score (nSPS) is 10.9. The molecule has 0 atom stereocenters. The third-order valence-corrected chi connectivity index (χ3v) is 2.80. The molecule has 0 bridgehead atoms. The molecule has 0 aliphatic carbocycles. The van der Waals surface area contributed by atoms with E-state index in [-0.39, 0.29) is 22.8 Å². The Morgan fingerprint density at radius 2 is 2.13 bits per heavy atom. The van der Waals surface area contributed by atoms with Gasteiger partial charge in [0.05, 0.1) is 17.6 Å². The van der Waals surface area contributed by atoms with Gasteiger partial charge in [0.15, 0.2) is 11.6 Å². The van der Waals surface area contributed by atoms with Gasteiger partial charge in [-0.3, -0.25) is 15.1 Å². The Balaban J connectivity index is 2.18. The molecule has 2 N–H and O–H groups in total. The monoisotopic (exact) mass is 316 g/mol. The maximum Gasteiger partial charge on any atom is 0.366 e. The lowest BCUT2D eigenvalue weighted by molar-refractivity contribution is -0.385. The number of hydrogen-bond acceptors (Lipinski definition) is 7. The molecule has 0 saturated carbocycles. The second kappa shape index (κ2) is 6.98. The van der Waals surface area contributed by atoms with Gasteiger partial charge in [-0.05, 0) is 24.3 Å². The van der Waals surface area contributed by atoms with E-state index in [0.29, 0.717) is 5.56 Å². The third-order valence-electron chi connectivity index (χ3n) is 2.80. The number of methoxy groups -OCH3 is 1. The first kappa shape index (κ1) is 15.9. The van der Waals surface area contributed by atoms with E-state index in [0.717, 1.165) is 6.07 Å². The number of carbonyl (C=O) groups is 1. The Bertz CT molecular complexity index is 761. The first-order chi connectivity index (χ1) is 11.0. The highest BCUT2D eigenvalue weighted by atomic mass is 16.7. The van der Waals surface area contributed by atoms with E-state index in [1.165, 1.54) is 25.4 Å². The first-order valence-corrected chi connectivity index (χ1v) is 6.30. The number of nitro groups is 1. The fourth-order valence-corrected chi connectivity index (χ4v) is 1.67. The first-order valence-electron chi connectivity index (χ1n) is 6.30. The molecule has 0 aliphatic rings. The number of pyridine rings is 1. The number of rotatable bonds is 5. The van der Waals surface area contributed by atoms with E-state index in [9.17, 15) is 14.9 Å². The van der Waals surface area contributed by atoms with Crippen LogP contribution in [0, 0.1) is 10.1 Å². The molecule has 0 spiro atoms. The minimum atomic E-state index is -0.886. The minimum absolute atomic E-state index is 0.0323. The molecule has 2 rings (SSSR count). The zero-order valence-corrected chi connectivity index (χ0v) is 12.0. The molecule has 0 radical (unpaired) electrons. The number of amidine groups is 1. The number of hydrogen-bond donors (Lipinski definition) is 1. The average Bonchev–Trinajstić information content (AvgIpc) is 2.59. The number of nitrogens with two attached hydrogens (primary N) is 1. The van der Waals surface area contributed by atoms with Crippen molar-refractivity contribution in [2.75, 3.05) is 7.11 Å². The van der Waals surface area contributed by atoms with E-state index in [1.807, 2.05) is 0 Å². The predicted octanol–water partition coefficient (Wildman–Crippen LogP) is 1.48. The molecule has 23 heavy (non-hydrogen) atoms.